The fourth-order valence-electron chi connectivity index (χ4n) is 2.33. The van der Waals surface area contributed by atoms with Gasteiger partial charge >= 0.3 is 0 Å². The Morgan fingerprint density at radius 2 is 2.06 bits per heavy atom. The van der Waals surface area contributed by atoms with Gasteiger partial charge in [0, 0.05) is 12.6 Å². The van der Waals surface area contributed by atoms with Gasteiger partial charge in [0.05, 0.1) is 17.4 Å². The van der Waals surface area contributed by atoms with E-state index in [0.29, 0.717) is 0 Å². The zero-order valence-electron chi connectivity index (χ0n) is 11.2. The lowest BCUT2D eigenvalue weighted by atomic mass is 10.1. The summed E-state index contributed by atoms with van der Waals surface area (Å²) in [7, 11) is 0. The summed E-state index contributed by atoms with van der Waals surface area (Å²) >= 11 is 0. The highest BCUT2D eigenvalue weighted by molar-refractivity contribution is 5.74. The van der Waals surface area contributed by atoms with Crippen LogP contribution in [-0.2, 0) is 6.54 Å². The highest BCUT2D eigenvalue weighted by Gasteiger charge is 2.06. The van der Waals surface area contributed by atoms with Crippen molar-refractivity contribution in [1.82, 2.24) is 9.55 Å². The molecular formula is C15H23N3. The maximum Gasteiger partial charge on any atom is 0.0958 e. The van der Waals surface area contributed by atoms with Crippen LogP contribution < -0.4 is 5.73 Å². The number of nitrogens with zero attached hydrogens (tertiary/aromatic N) is 2. The van der Waals surface area contributed by atoms with Gasteiger partial charge in [-0.3, -0.25) is 0 Å². The van der Waals surface area contributed by atoms with Crippen molar-refractivity contribution in [3.63, 3.8) is 0 Å². The number of aromatic nitrogens is 2. The quantitative estimate of drug-likeness (QED) is 0.760. The highest BCUT2D eigenvalue weighted by atomic mass is 15.1. The number of rotatable bonds is 7. The lowest BCUT2D eigenvalue weighted by Crippen LogP contribution is -2.25. The summed E-state index contributed by atoms with van der Waals surface area (Å²) in [5.74, 6) is 0. The molecule has 1 heterocycles. The van der Waals surface area contributed by atoms with Crippen molar-refractivity contribution < 1.29 is 0 Å². The van der Waals surface area contributed by atoms with Crippen molar-refractivity contribution in [2.45, 2.75) is 51.6 Å². The molecule has 1 aromatic carbocycles. The normalized spacial score (nSPS) is 13.0. The molecule has 0 bridgehead atoms. The second-order valence-corrected chi connectivity index (χ2v) is 5.00. The second-order valence-electron chi connectivity index (χ2n) is 5.00. The summed E-state index contributed by atoms with van der Waals surface area (Å²) in [6, 6.07) is 8.45. The standard InChI is InChI=1S/C15H23N3/c1-2-3-4-5-8-13(16)11-18-12-17-14-9-6-7-10-15(14)18/h6-7,9-10,12-13H,2-5,8,11,16H2,1H3. The molecule has 0 amide bonds. The Labute approximate surface area is 109 Å². The molecule has 0 radical (unpaired) electrons. The molecule has 2 aromatic rings. The van der Waals surface area contributed by atoms with Gasteiger partial charge in [-0.1, -0.05) is 44.7 Å². The number of hydrogen-bond donors (Lipinski definition) is 1. The molecule has 0 aliphatic rings. The lowest BCUT2D eigenvalue weighted by molar-refractivity contribution is 0.494. The van der Waals surface area contributed by atoms with E-state index in [4.69, 9.17) is 5.73 Å². The molecule has 0 saturated heterocycles. The Morgan fingerprint density at radius 3 is 2.89 bits per heavy atom. The first-order valence-electron chi connectivity index (χ1n) is 6.96. The molecule has 0 saturated carbocycles. The lowest BCUT2D eigenvalue weighted by Gasteiger charge is -2.12. The minimum Gasteiger partial charge on any atom is -0.329 e. The first-order chi connectivity index (χ1) is 8.81. The molecule has 2 N–H and O–H groups in total. The maximum atomic E-state index is 6.19. The molecular weight excluding hydrogens is 222 g/mol. The smallest absolute Gasteiger partial charge is 0.0958 e. The number of para-hydroxylation sites is 2. The minimum atomic E-state index is 0.236. The minimum absolute atomic E-state index is 0.236. The van der Waals surface area contributed by atoms with Crippen molar-refractivity contribution in [1.29, 1.82) is 0 Å². The van der Waals surface area contributed by atoms with Crippen molar-refractivity contribution >= 4 is 11.0 Å². The fraction of sp³-hybridized carbons (Fsp3) is 0.533. The Balaban J connectivity index is 1.88. The van der Waals surface area contributed by atoms with Crippen LogP contribution in [0.1, 0.15) is 39.0 Å². The molecule has 0 fully saturated rings. The van der Waals surface area contributed by atoms with E-state index in [1.165, 1.54) is 31.2 Å². The molecule has 0 aliphatic heterocycles. The van der Waals surface area contributed by atoms with Gasteiger partial charge in [-0.15, -0.1) is 0 Å². The molecule has 3 nitrogen and oxygen atoms in total. The Kier molecular flexibility index (Phi) is 4.76. The van der Waals surface area contributed by atoms with Crippen molar-refractivity contribution in [3.05, 3.63) is 30.6 Å². The second kappa shape index (κ2) is 6.55. The van der Waals surface area contributed by atoms with Crippen molar-refractivity contribution in [2.75, 3.05) is 0 Å². The molecule has 18 heavy (non-hydrogen) atoms. The molecule has 1 aromatic heterocycles. The van der Waals surface area contributed by atoms with Gasteiger partial charge in [-0.25, -0.2) is 4.98 Å². The third-order valence-corrected chi connectivity index (χ3v) is 3.39. The number of imidazole rings is 1. The van der Waals surface area contributed by atoms with E-state index in [0.717, 1.165) is 18.5 Å². The van der Waals surface area contributed by atoms with Crippen LogP contribution in [0.2, 0.25) is 0 Å². The molecule has 98 valence electrons. The Bertz CT molecular complexity index is 475. The van der Waals surface area contributed by atoms with Crippen LogP contribution in [0.15, 0.2) is 30.6 Å². The fourth-order valence-corrected chi connectivity index (χ4v) is 2.33. The van der Waals surface area contributed by atoms with Crippen LogP contribution in [0, 0.1) is 0 Å². The van der Waals surface area contributed by atoms with E-state index in [-0.39, 0.29) is 6.04 Å². The average molecular weight is 245 g/mol. The summed E-state index contributed by atoms with van der Waals surface area (Å²) in [6.45, 7) is 3.10. The van der Waals surface area contributed by atoms with E-state index in [1.807, 2.05) is 24.5 Å². The molecule has 1 atom stereocenters. The van der Waals surface area contributed by atoms with Gasteiger partial charge in [-0.05, 0) is 18.6 Å². The van der Waals surface area contributed by atoms with E-state index >= 15 is 0 Å². The summed E-state index contributed by atoms with van der Waals surface area (Å²) in [5, 5.41) is 0. The zero-order valence-corrected chi connectivity index (χ0v) is 11.2. The average Bonchev–Trinajstić information content (AvgIpc) is 2.78. The van der Waals surface area contributed by atoms with Crippen molar-refractivity contribution in [2.24, 2.45) is 5.73 Å². The number of nitrogens with two attached hydrogens (primary N) is 1. The summed E-state index contributed by atoms with van der Waals surface area (Å²) < 4.78 is 2.17. The summed E-state index contributed by atoms with van der Waals surface area (Å²) in [4.78, 5) is 4.39. The predicted molar refractivity (Wildman–Crippen MR) is 76.5 cm³/mol. The predicted octanol–water partition coefficient (Wildman–Crippen LogP) is 3.33. The van der Waals surface area contributed by atoms with E-state index in [9.17, 15) is 0 Å². The van der Waals surface area contributed by atoms with Crippen LogP contribution in [-0.4, -0.2) is 15.6 Å². The van der Waals surface area contributed by atoms with Crippen LogP contribution in [0.25, 0.3) is 11.0 Å². The van der Waals surface area contributed by atoms with Gasteiger partial charge in [-0.2, -0.15) is 0 Å². The molecule has 2 rings (SSSR count). The van der Waals surface area contributed by atoms with Crippen LogP contribution in [0.3, 0.4) is 0 Å². The number of unbranched alkanes of at least 4 members (excludes halogenated alkanes) is 3. The Morgan fingerprint density at radius 1 is 1.22 bits per heavy atom. The molecule has 0 aliphatic carbocycles. The monoisotopic (exact) mass is 245 g/mol. The first-order valence-corrected chi connectivity index (χ1v) is 6.96. The number of hydrogen-bond acceptors (Lipinski definition) is 2. The van der Waals surface area contributed by atoms with Gasteiger partial charge in [0.25, 0.3) is 0 Å². The van der Waals surface area contributed by atoms with Gasteiger partial charge in [0.15, 0.2) is 0 Å². The summed E-state index contributed by atoms with van der Waals surface area (Å²) in [6.07, 6.45) is 8.14. The first kappa shape index (κ1) is 13.1. The number of fused-ring (bicyclic) bond motifs is 1. The maximum absolute atomic E-state index is 6.19. The van der Waals surface area contributed by atoms with Gasteiger partial charge in [0.2, 0.25) is 0 Å². The SMILES string of the molecule is CCCCCCC(N)Cn1cnc2ccccc21. The Hall–Kier alpha value is -1.35. The van der Waals surface area contributed by atoms with Crippen molar-refractivity contribution in [3.8, 4) is 0 Å². The van der Waals surface area contributed by atoms with Gasteiger partial charge in [0.1, 0.15) is 0 Å². The topological polar surface area (TPSA) is 43.8 Å². The summed E-state index contributed by atoms with van der Waals surface area (Å²) in [5.41, 5.74) is 8.42. The largest absolute Gasteiger partial charge is 0.329 e. The third-order valence-electron chi connectivity index (χ3n) is 3.39. The van der Waals surface area contributed by atoms with E-state index in [2.05, 4.69) is 22.5 Å². The van der Waals surface area contributed by atoms with Crippen LogP contribution >= 0.6 is 0 Å². The van der Waals surface area contributed by atoms with Crippen LogP contribution in [0.5, 0.6) is 0 Å². The molecule has 1 unspecified atom stereocenters. The van der Waals surface area contributed by atoms with Crippen LogP contribution in [0.4, 0.5) is 0 Å². The van der Waals surface area contributed by atoms with E-state index in [1.54, 1.807) is 0 Å². The van der Waals surface area contributed by atoms with Gasteiger partial charge < -0.3 is 10.3 Å². The van der Waals surface area contributed by atoms with E-state index < -0.39 is 0 Å². The molecule has 0 spiro atoms. The number of benzene rings is 1. The highest BCUT2D eigenvalue weighted by Crippen LogP contribution is 2.13. The zero-order chi connectivity index (χ0) is 12.8. The third kappa shape index (κ3) is 3.33. The molecule has 3 heteroatoms.